The van der Waals surface area contributed by atoms with Gasteiger partial charge in [0.05, 0.1) is 10.4 Å². The van der Waals surface area contributed by atoms with Crippen LogP contribution in [0.3, 0.4) is 0 Å². The van der Waals surface area contributed by atoms with E-state index in [1.165, 1.54) is 16.9 Å². The van der Waals surface area contributed by atoms with E-state index in [9.17, 15) is 4.79 Å². The topological polar surface area (TPSA) is 59.0 Å². The highest BCUT2D eigenvalue weighted by molar-refractivity contribution is 7.15. The molecule has 0 aliphatic carbocycles. The zero-order valence-corrected chi connectivity index (χ0v) is 18.2. The molecule has 0 saturated heterocycles. The molecule has 0 atom stereocenters. The minimum absolute atomic E-state index is 0.143. The number of aromatic nitrogens is 2. The Morgan fingerprint density at radius 3 is 2.86 bits per heavy atom. The molecular formula is C20H22Cl2N4OS. The van der Waals surface area contributed by atoms with Crippen LogP contribution in [0.1, 0.15) is 23.1 Å². The van der Waals surface area contributed by atoms with Gasteiger partial charge < -0.3 is 15.2 Å². The van der Waals surface area contributed by atoms with Gasteiger partial charge in [-0.3, -0.25) is 4.79 Å². The largest absolute Gasteiger partial charge is 0.328 e. The van der Waals surface area contributed by atoms with Crippen molar-refractivity contribution < 1.29 is 4.79 Å². The number of hydrogen-bond acceptors (Lipinski definition) is 4. The fourth-order valence-corrected chi connectivity index (χ4v) is 4.18. The average molecular weight is 437 g/mol. The fourth-order valence-electron chi connectivity index (χ4n) is 3.36. The van der Waals surface area contributed by atoms with Crippen LogP contribution in [0.15, 0.2) is 22.8 Å². The third kappa shape index (κ3) is 4.59. The number of carbonyl (C=O) groups is 1. The van der Waals surface area contributed by atoms with Crippen LogP contribution in [0.4, 0.5) is 5.13 Å². The Bertz CT molecular complexity index is 1080. The number of aryl methyl sites for hydroxylation is 1. The number of hydrogen-bond donors (Lipinski definition) is 2. The van der Waals surface area contributed by atoms with Gasteiger partial charge in [-0.25, -0.2) is 4.98 Å². The van der Waals surface area contributed by atoms with Gasteiger partial charge in [0.25, 0.3) is 0 Å². The van der Waals surface area contributed by atoms with Crippen LogP contribution in [0.25, 0.3) is 11.8 Å². The maximum Gasteiger partial charge on any atom is 0.246 e. The van der Waals surface area contributed by atoms with Crippen LogP contribution in [-0.2, 0) is 24.2 Å². The summed E-state index contributed by atoms with van der Waals surface area (Å²) in [6, 6.07) is 0. The summed E-state index contributed by atoms with van der Waals surface area (Å²) in [6.07, 6.45) is 5.47. The smallest absolute Gasteiger partial charge is 0.246 e. The molecule has 1 amide bonds. The van der Waals surface area contributed by atoms with Crippen molar-refractivity contribution in [2.45, 2.75) is 33.2 Å². The third-order valence-corrected chi connectivity index (χ3v) is 5.98. The summed E-state index contributed by atoms with van der Waals surface area (Å²) in [4.78, 5) is 18.0. The predicted octanol–water partition coefficient (Wildman–Crippen LogP) is 2.63. The molecule has 28 heavy (non-hydrogen) atoms. The zero-order valence-electron chi connectivity index (χ0n) is 15.9. The van der Waals surface area contributed by atoms with E-state index in [-0.39, 0.29) is 22.5 Å². The summed E-state index contributed by atoms with van der Waals surface area (Å²) in [5, 5.41) is 9.13. The maximum absolute atomic E-state index is 12.7. The number of fused-ring (bicyclic) bond motifs is 1. The van der Waals surface area contributed by atoms with Gasteiger partial charge in [-0.1, -0.05) is 41.6 Å². The average Bonchev–Trinajstić information content (AvgIpc) is 3.05. The summed E-state index contributed by atoms with van der Waals surface area (Å²) >= 11 is 13.6. The molecule has 1 aliphatic rings. The van der Waals surface area contributed by atoms with Crippen molar-refractivity contribution in [3.8, 4) is 0 Å². The van der Waals surface area contributed by atoms with Crippen LogP contribution in [0.5, 0.6) is 0 Å². The molecule has 3 rings (SSSR count). The van der Waals surface area contributed by atoms with E-state index in [2.05, 4.69) is 27.9 Å². The monoisotopic (exact) mass is 436 g/mol. The number of nitrogens with zero attached hydrogens (tertiary/aromatic N) is 2. The molecule has 148 valence electrons. The van der Waals surface area contributed by atoms with E-state index >= 15 is 0 Å². The lowest BCUT2D eigenvalue weighted by Gasteiger charge is -2.09. The Morgan fingerprint density at radius 1 is 1.46 bits per heavy atom. The number of amides is 1. The minimum atomic E-state index is -0.143. The Labute approximate surface area is 178 Å². The van der Waals surface area contributed by atoms with Gasteiger partial charge in [0.2, 0.25) is 5.91 Å². The first kappa shape index (κ1) is 20.9. The van der Waals surface area contributed by atoms with Gasteiger partial charge in [-0.2, -0.15) is 0 Å². The molecule has 2 aromatic heterocycles. The quantitative estimate of drug-likeness (QED) is 0.724. The normalized spacial score (nSPS) is 14.2. The van der Waals surface area contributed by atoms with E-state index in [4.69, 9.17) is 23.2 Å². The summed E-state index contributed by atoms with van der Waals surface area (Å²) in [6.45, 7) is 9.49. The van der Waals surface area contributed by atoms with Crippen LogP contribution in [0, 0.1) is 6.92 Å². The van der Waals surface area contributed by atoms with Gasteiger partial charge in [-0.15, -0.1) is 11.3 Å². The molecule has 0 unspecified atom stereocenters. The predicted molar refractivity (Wildman–Crippen MR) is 117 cm³/mol. The lowest BCUT2D eigenvalue weighted by Crippen LogP contribution is -2.34. The SMILES string of the molecule is C=C(Cl)C(Cl)=C=c1/c(=C\C)c2c(n1CC(=O)Nc1ncc(C)s1)CCNCC2. The molecule has 0 fully saturated rings. The number of halogens is 2. The highest BCUT2D eigenvalue weighted by atomic mass is 35.5. The van der Waals surface area contributed by atoms with E-state index in [1.54, 1.807) is 6.20 Å². The van der Waals surface area contributed by atoms with Crippen molar-refractivity contribution in [2.24, 2.45) is 0 Å². The number of rotatable bonds is 4. The maximum atomic E-state index is 12.7. The lowest BCUT2D eigenvalue weighted by molar-refractivity contribution is -0.116. The highest BCUT2D eigenvalue weighted by Crippen LogP contribution is 2.17. The second-order valence-corrected chi connectivity index (χ2v) is 8.55. The minimum Gasteiger partial charge on any atom is -0.328 e. The molecule has 0 radical (unpaired) electrons. The molecule has 0 spiro atoms. The van der Waals surface area contributed by atoms with E-state index in [1.807, 2.05) is 24.5 Å². The Hall–Kier alpha value is -1.82. The number of nitrogens with one attached hydrogen (secondary N) is 2. The van der Waals surface area contributed by atoms with Gasteiger partial charge in [0, 0.05) is 35.0 Å². The highest BCUT2D eigenvalue weighted by Gasteiger charge is 2.19. The first-order chi connectivity index (χ1) is 13.4. The molecule has 0 bridgehead atoms. The molecule has 0 aromatic carbocycles. The molecular weight excluding hydrogens is 415 g/mol. The standard InChI is InChI=1S/C20H22Cl2N4OS/c1-4-14-15-5-7-23-8-6-17(15)26(18(14)9-16(22)13(3)21)11-19(27)25-20-24-10-12(2)28-20/h4,10,23H,3,5-8,11H2,1-2H3,(H,24,25,27)/b14-4-. The van der Waals surface area contributed by atoms with E-state index in [0.717, 1.165) is 47.1 Å². The number of carbonyl (C=O) groups excluding carboxylic acids is 1. The Morgan fingerprint density at radius 2 is 2.21 bits per heavy atom. The van der Waals surface area contributed by atoms with Crippen molar-refractivity contribution in [1.82, 2.24) is 14.9 Å². The molecule has 8 heteroatoms. The van der Waals surface area contributed by atoms with Crippen LogP contribution >= 0.6 is 34.5 Å². The zero-order chi connectivity index (χ0) is 20.3. The van der Waals surface area contributed by atoms with Crippen LogP contribution in [0.2, 0.25) is 0 Å². The first-order valence-corrected chi connectivity index (χ1v) is 10.6. The molecule has 2 aromatic rings. The van der Waals surface area contributed by atoms with E-state index in [0.29, 0.717) is 5.13 Å². The summed E-state index contributed by atoms with van der Waals surface area (Å²) < 4.78 is 1.98. The van der Waals surface area contributed by atoms with Gasteiger partial charge >= 0.3 is 0 Å². The summed E-state index contributed by atoms with van der Waals surface area (Å²) in [5.74, 6) is -0.143. The van der Waals surface area contributed by atoms with Crippen molar-refractivity contribution in [3.63, 3.8) is 0 Å². The van der Waals surface area contributed by atoms with Crippen molar-refractivity contribution in [3.05, 3.63) is 49.5 Å². The van der Waals surface area contributed by atoms with Crippen molar-refractivity contribution in [1.29, 1.82) is 0 Å². The Kier molecular flexibility index (Phi) is 6.81. The molecule has 0 saturated carbocycles. The molecule has 3 heterocycles. The van der Waals surface area contributed by atoms with Crippen LogP contribution in [-0.4, -0.2) is 28.5 Å². The number of thiazole rings is 1. The fraction of sp³-hybridized carbons (Fsp3) is 0.350. The van der Waals surface area contributed by atoms with Gasteiger partial charge in [0.1, 0.15) is 11.6 Å². The van der Waals surface area contributed by atoms with E-state index < -0.39 is 0 Å². The molecule has 2 N–H and O–H groups in total. The van der Waals surface area contributed by atoms with Crippen LogP contribution < -0.4 is 21.2 Å². The lowest BCUT2D eigenvalue weighted by atomic mass is 10.1. The first-order valence-electron chi connectivity index (χ1n) is 9.01. The number of allylic oxidation sites excluding steroid dienone is 2. The van der Waals surface area contributed by atoms with Gasteiger partial charge in [-0.05, 0) is 32.4 Å². The second-order valence-electron chi connectivity index (χ2n) is 6.48. The Balaban J connectivity index is 2.13. The van der Waals surface area contributed by atoms with Crippen molar-refractivity contribution >= 4 is 57.4 Å². The summed E-state index contributed by atoms with van der Waals surface area (Å²) in [5.41, 5.74) is 5.49. The number of anilines is 1. The second kappa shape index (κ2) is 9.12. The third-order valence-electron chi connectivity index (χ3n) is 4.54. The van der Waals surface area contributed by atoms with Gasteiger partial charge in [0.15, 0.2) is 5.13 Å². The van der Waals surface area contributed by atoms with Crippen molar-refractivity contribution in [2.75, 3.05) is 18.4 Å². The molecule has 1 aliphatic heterocycles. The molecule has 5 nitrogen and oxygen atoms in total. The summed E-state index contributed by atoms with van der Waals surface area (Å²) in [7, 11) is 0.